The number of rotatable bonds is 1. The smallest absolute Gasteiger partial charge is 0.408 e. The number of carboxylic acid groups (broad SMARTS) is 1. The van der Waals surface area contributed by atoms with Gasteiger partial charge in [-0.3, -0.25) is 14.9 Å². The second kappa shape index (κ2) is 5.02. The van der Waals surface area contributed by atoms with Gasteiger partial charge in [0.2, 0.25) is 0 Å². The van der Waals surface area contributed by atoms with E-state index in [2.05, 4.69) is 35.9 Å². The van der Waals surface area contributed by atoms with Crippen molar-refractivity contribution in [3.8, 4) is 0 Å². The van der Waals surface area contributed by atoms with Crippen molar-refractivity contribution < 1.29 is 9.90 Å². The largest absolute Gasteiger partial charge is 0.465 e. The summed E-state index contributed by atoms with van der Waals surface area (Å²) in [5.41, 5.74) is 0.720. The summed E-state index contributed by atoms with van der Waals surface area (Å²) in [7, 11) is 0. The van der Waals surface area contributed by atoms with Gasteiger partial charge in [-0.15, -0.1) is 0 Å². The molecule has 6 nitrogen and oxygen atoms in total. The van der Waals surface area contributed by atoms with Crippen LogP contribution in [0.15, 0.2) is 12.3 Å². The molecule has 2 fully saturated rings. The topological polar surface area (TPSA) is 72.5 Å². The van der Waals surface area contributed by atoms with E-state index in [-0.39, 0.29) is 17.5 Å². The number of fused-ring (bicyclic) bond motifs is 1. The number of amides is 1. The van der Waals surface area contributed by atoms with E-state index in [1.165, 1.54) is 0 Å². The van der Waals surface area contributed by atoms with Crippen LogP contribution < -0.4 is 0 Å². The lowest BCUT2D eigenvalue weighted by Gasteiger charge is -2.52. The molecule has 0 bridgehead atoms. The predicted octanol–water partition coefficient (Wildman–Crippen LogP) is 2.32. The van der Waals surface area contributed by atoms with Crippen LogP contribution in [0.5, 0.6) is 0 Å². The number of aromatic nitrogens is 2. The van der Waals surface area contributed by atoms with Gasteiger partial charge in [0.15, 0.2) is 0 Å². The summed E-state index contributed by atoms with van der Waals surface area (Å²) in [6.45, 7) is 8.21. The van der Waals surface area contributed by atoms with Crippen LogP contribution in [-0.2, 0) is 0 Å². The van der Waals surface area contributed by atoms with Crippen LogP contribution in [0.25, 0.3) is 0 Å². The Balaban J connectivity index is 2.03. The van der Waals surface area contributed by atoms with Crippen molar-refractivity contribution in [3.63, 3.8) is 0 Å². The van der Waals surface area contributed by atoms with E-state index in [0.717, 1.165) is 31.6 Å². The fourth-order valence-electron chi connectivity index (χ4n) is 4.07. The summed E-state index contributed by atoms with van der Waals surface area (Å²) in [4.78, 5) is 16.1. The molecule has 116 valence electrons. The summed E-state index contributed by atoms with van der Waals surface area (Å²) in [6.07, 6.45) is 3.16. The number of nitrogens with zero attached hydrogens (tertiary/aromatic N) is 3. The maximum absolute atomic E-state index is 12.0. The molecule has 2 N–H and O–H groups in total. The first-order valence-electron chi connectivity index (χ1n) is 7.64. The van der Waals surface area contributed by atoms with E-state index >= 15 is 0 Å². The van der Waals surface area contributed by atoms with Crippen molar-refractivity contribution in [2.45, 2.75) is 51.7 Å². The van der Waals surface area contributed by atoms with Crippen molar-refractivity contribution in [1.29, 1.82) is 0 Å². The van der Waals surface area contributed by atoms with E-state index in [4.69, 9.17) is 0 Å². The molecule has 0 radical (unpaired) electrons. The lowest BCUT2D eigenvalue weighted by molar-refractivity contribution is -0.0391. The Morgan fingerprint density at radius 1 is 1.48 bits per heavy atom. The number of hydrogen-bond acceptors (Lipinski definition) is 3. The number of carbonyl (C=O) groups is 1. The van der Waals surface area contributed by atoms with E-state index in [1.807, 2.05) is 6.07 Å². The SMILES string of the molecule is CC(C)(C)C1[C@H]2CCCN2C[C@@H](c2cc[nH]n2)N1C(=O)O. The van der Waals surface area contributed by atoms with Crippen LogP contribution in [0.2, 0.25) is 0 Å². The van der Waals surface area contributed by atoms with Crippen molar-refractivity contribution in [1.82, 2.24) is 20.0 Å². The fourth-order valence-corrected chi connectivity index (χ4v) is 4.07. The zero-order valence-electron chi connectivity index (χ0n) is 12.9. The van der Waals surface area contributed by atoms with E-state index in [9.17, 15) is 9.90 Å². The third kappa shape index (κ3) is 2.41. The first-order valence-corrected chi connectivity index (χ1v) is 7.64. The van der Waals surface area contributed by atoms with Crippen LogP contribution in [0.1, 0.15) is 45.3 Å². The minimum absolute atomic E-state index is 0.00653. The molecule has 1 aromatic rings. The average molecular weight is 292 g/mol. The Bertz CT molecular complexity index is 508. The van der Waals surface area contributed by atoms with Crippen molar-refractivity contribution in [2.75, 3.05) is 13.1 Å². The average Bonchev–Trinajstić information content (AvgIpc) is 3.05. The molecule has 3 heterocycles. The molecule has 2 saturated heterocycles. The van der Waals surface area contributed by atoms with Gasteiger partial charge in [-0.1, -0.05) is 20.8 Å². The molecule has 3 rings (SSSR count). The molecule has 1 amide bonds. The van der Waals surface area contributed by atoms with Gasteiger partial charge >= 0.3 is 6.09 Å². The molecular formula is C15H24N4O2. The number of aromatic amines is 1. The third-order valence-electron chi connectivity index (χ3n) is 4.79. The van der Waals surface area contributed by atoms with Crippen LogP contribution in [0, 0.1) is 5.41 Å². The molecule has 0 saturated carbocycles. The summed E-state index contributed by atoms with van der Waals surface area (Å²) in [5, 5.41) is 16.9. The van der Waals surface area contributed by atoms with Crippen LogP contribution in [0.4, 0.5) is 4.79 Å². The molecule has 0 aromatic carbocycles. The Hall–Kier alpha value is -1.56. The predicted molar refractivity (Wildman–Crippen MR) is 79.0 cm³/mol. The van der Waals surface area contributed by atoms with Crippen LogP contribution in [-0.4, -0.2) is 56.4 Å². The van der Waals surface area contributed by atoms with E-state index < -0.39 is 6.09 Å². The number of nitrogens with one attached hydrogen (secondary N) is 1. The quantitative estimate of drug-likeness (QED) is 0.833. The second-order valence-electron chi connectivity index (χ2n) is 7.22. The zero-order valence-corrected chi connectivity index (χ0v) is 12.9. The zero-order chi connectivity index (χ0) is 15.2. The second-order valence-corrected chi connectivity index (χ2v) is 7.22. The van der Waals surface area contributed by atoms with Crippen molar-refractivity contribution in [3.05, 3.63) is 18.0 Å². The van der Waals surface area contributed by atoms with Gasteiger partial charge < -0.3 is 5.11 Å². The maximum Gasteiger partial charge on any atom is 0.408 e. The standard InChI is InChI=1S/C15H24N4O2/c1-15(2,3)13-11-5-4-8-18(11)9-12(19(13)14(20)21)10-6-7-16-17-10/h6-7,11-13H,4-5,8-9H2,1-3H3,(H,16,17)(H,20,21)/t11-,12+,13?/m1/s1. The summed E-state index contributed by atoms with van der Waals surface area (Å²) in [6, 6.07) is 2.02. The van der Waals surface area contributed by atoms with Gasteiger partial charge in [-0.2, -0.15) is 5.10 Å². The lowest BCUT2D eigenvalue weighted by atomic mass is 9.78. The molecular weight excluding hydrogens is 268 g/mol. The highest BCUT2D eigenvalue weighted by molar-refractivity contribution is 5.67. The van der Waals surface area contributed by atoms with Crippen LogP contribution in [0.3, 0.4) is 0 Å². The monoisotopic (exact) mass is 292 g/mol. The van der Waals surface area contributed by atoms with E-state index in [0.29, 0.717) is 6.04 Å². The number of H-pyrrole nitrogens is 1. The number of hydrogen-bond donors (Lipinski definition) is 2. The molecule has 2 aliphatic rings. The van der Waals surface area contributed by atoms with Gasteiger partial charge in [-0.25, -0.2) is 4.79 Å². The molecule has 21 heavy (non-hydrogen) atoms. The van der Waals surface area contributed by atoms with Crippen LogP contribution >= 0.6 is 0 Å². The Morgan fingerprint density at radius 2 is 2.24 bits per heavy atom. The lowest BCUT2D eigenvalue weighted by Crippen LogP contribution is -2.64. The first-order chi connectivity index (χ1) is 9.89. The van der Waals surface area contributed by atoms with Crippen molar-refractivity contribution in [2.24, 2.45) is 5.41 Å². The summed E-state index contributed by atoms with van der Waals surface area (Å²) < 4.78 is 0. The third-order valence-corrected chi connectivity index (χ3v) is 4.79. The fraction of sp³-hybridized carbons (Fsp3) is 0.733. The van der Waals surface area contributed by atoms with Gasteiger partial charge in [0, 0.05) is 18.8 Å². The highest BCUT2D eigenvalue weighted by atomic mass is 16.4. The molecule has 0 aliphatic carbocycles. The molecule has 3 atom stereocenters. The Labute approximate surface area is 125 Å². The van der Waals surface area contributed by atoms with Crippen molar-refractivity contribution >= 4 is 6.09 Å². The summed E-state index contributed by atoms with van der Waals surface area (Å²) in [5.74, 6) is 0. The van der Waals surface area contributed by atoms with Gasteiger partial charge in [0.1, 0.15) is 0 Å². The number of piperazine rings is 1. The highest BCUT2D eigenvalue weighted by Gasteiger charge is 2.51. The first kappa shape index (κ1) is 14.4. The van der Waals surface area contributed by atoms with Gasteiger partial charge in [-0.05, 0) is 30.9 Å². The van der Waals surface area contributed by atoms with Gasteiger partial charge in [0.25, 0.3) is 0 Å². The normalized spacial score (nSPS) is 30.4. The maximum atomic E-state index is 12.0. The summed E-state index contributed by atoms with van der Waals surface area (Å²) >= 11 is 0. The molecule has 0 spiro atoms. The molecule has 2 aliphatic heterocycles. The molecule has 6 heteroatoms. The van der Waals surface area contributed by atoms with Gasteiger partial charge in [0.05, 0.1) is 17.8 Å². The Kier molecular flexibility index (Phi) is 3.43. The minimum Gasteiger partial charge on any atom is -0.465 e. The minimum atomic E-state index is -0.838. The molecule has 1 aromatic heterocycles. The molecule has 1 unspecified atom stereocenters. The van der Waals surface area contributed by atoms with E-state index in [1.54, 1.807) is 11.1 Å². The highest BCUT2D eigenvalue weighted by Crippen LogP contribution is 2.42. The Morgan fingerprint density at radius 3 is 2.81 bits per heavy atom.